The summed E-state index contributed by atoms with van der Waals surface area (Å²) in [4.78, 5) is 63.0. The van der Waals surface area contributed by atoms with Gasteiger partial charge in [0.25, 0.3) is 17.7 Å². The number of methoxy groups -OCH3 is 1. The van der Waals surface area contributed by atoms with Crippen LogP contribution in [0.5, 0.6) is 5.75 Å². The molecule has 0 bridgehead atoms. The zero-order chi connectivity index (χ0) is 27.2. The largest absolute Gasteiger partial charge is 0.497 e. The lowest BCUT2D eigenvalue weighted by molar-refractivity contribution is -0.131. The molecule has 0 radical (unpaired) electrons. The molecular formula is C27H23N5O6. The molecule has 192 valence electrons. The Balaban J connectivity index is 1.37. The van der Waals surface area contributed by atoms with Gasteiger partial charge in [-0.25, -0.2) is 15.1 Å². The number of nitrogens with one attached hydrogen (secondary N) is 3. The van der Waals surface area contributed by atoms with Crippen molar-refractivity contribution in [3.8, 4) is 5.75 Å². The van der Waals surface area contributed by atoms with Crippen molar-refractivity contribution in [1.82, 2.24) is 10.7 Å². The third-order valence-corrected chi connectivity index (χ3v) is 5.64. The normalized spacial score (nSPS) is 15.3. The van der Waals surface area contributed by atoms with Gasteiger partial charge < -0.3 is 10.1 Å². The van der Waals surface area contributed by atoms with Gasteiger partial charge in [0.1, 0.15) is 5.75 Å². The fourth-order valence-electron chi connectivity index (χ4n) is 3.55. The lowest BCUT2D eigenvalue weighted by atomic mass is 10.1. The number of anilines is 2. The predicted molar refractivity (Wildman–Crippen MR) is 139 cm³/mol. The minimum absolute atomic E-state index is 0.227. The minimum atomic E-state index is -1.44. The lowest BCUT2D eigenvalue weighted by Gasteiger charge is -2.28. The Bertz CT molecular complexity index is 1420. The number of carbonyl (C=O) groups is 5. The van der Waals surface area contributed by atoms with Gasteiger partial charge >= 0.3 is 6.03 Å². The quantitative estimate of drug-likeness (QED) is 0.252. The van der Waals surface area contributed by atoms with E-state index in [9.17, 15) is 24.0 Å². The Morgan fingerprint density at radius 3 is 2.13 bits per heavy atom. The highest BCUT2D eigenvalue weighted by Gasteiger charge is 2.40. The van der Waals surface area contributed by atoms with Crippen LogP contribution in [0.25, 0.3) is 0 Å². The van der Waals surface area contributed by atoms with Crippen LogP contribution in [0.3, 0.4) is 0 Å². The van der Waals surface area contributed by atoms with Gasteiger partial charge in [-0.15, -0.1) is 0 Å². The van der Waals surface area contributed by atoms with E-state index in [1.54, 1.807) is 36.4 Å². The maximum absolute atomic E-state index is 12.9. The second kappa shape index (κ2) is 11.2. The summed E-state index contributed by atoms with van der Waals surface area (Å²) in [7, 11) is 1.48. The van der Waals surface area contributed by atoms with E-state index in [0.29, 0.717) is 17.0 Å². The van der Waals surface area contributed by atoms with Gasteiger partial charge in [-0.2, -0.15) is 5.10 Å². The summed E-state index contributed by atoms with van der Waals surface area (Å²) in [6.07, 6.45) is 0.953. The SMILES string of the molecule is COc1ccc(N2C(=O)NC(=O)[C@@H](/C=N\NC(=O)c3ccc(NC(=O)c4ccc(C)cc4)cc3)C2=O)cc1. The first-order valence-electron chi connectivity index (χ1n) is 11.4. The molecule has 3 aromatic rings. The van der Waals surface area contributed by atoms with E-state index in [0.717, 1.165) is 16.7 Å². The average molecular weight is 514 g/mol. The molecule has 0 saturated carbocycles. The molecule has 1 aliphatic heterocycles. The first-order chi connectivity index (χ1) is 18.3. The molecule has 6 amide bonds. The van der Waals surface area contributed by atoms with Gasteiger partial charge in [0.15, 0.2) is 5.92 Å². The number of hydrogen-bond acceptors (Lipinski definition) is 7. The lowest BCUT2D eigenvalue weighted by Crippen LogP contribution is -2.58. The van der Waals surface area contributed by atoms with Gasteiger partial charge in [-0.05, 0) is 67.6 Å². The first kappa shape index (κ1) is 25.8. The Morgan fingerprint density at radius 1 is 0.895 bits per heavy atom. The molecule has 3 N–H and O–H groups in total. The van der Waals surface area contributed by atoms with Gasteiger partial charge in [-0.3, -0.25) is 24.5 Å². The van der Waals surface area contributed by atoms with Crippen molar-refractivity contribution in [3.05, 3.63) is 89.5 Å². The zero-order valence-electron chi connectivity index (χ0n) is 20.4. The topological polar surface area (TPSA) is 146 Å². The smallest absolute Gasteiger partial charge is 0.335 e. The Morgan fingerprint density at radius 2 is 1.50 bits per heavy atom. The van der Waals surface area contributed by atoms with Crippen LogP contribution in [-0.4, -0.2) is 43.0 Å². The maximum Gasteiger partial charge on any atom is 0.335 e. The van der Waals surface area contributed by atoms with E-state index in [-0.39, 0.29) is 17.2 Å². The molecule has 11 heteroatoms. The van der Waals surface area contributed by atoms with Gasteiger partial charge in [0.2, 0.25) is 5.91 Å². The van der Waals surface area contributed by atoms with Crippen molar-refractivity contribution in [3.63, 3.8) is 0 Å². The highest BCUT2D eigenvalue weighted by atomic mass is 16.5. The summed E-state index contributed by atoms with van der Waals surface area (Å²) in [5.41, 5.74) is 4.74. The van der Waals surface area contributed by atoms with E-state index in [1.165, 1.54) is 31.4 Å². The maximum atomic E-state index is 12.9. The molecule has 1 saturated heterocycles. The number of hydrogen-bond donors (Lipinski definition) is 3. The molecule has 11 nitrogen and oxygen atoms in total. The number of hydrazone groups is 1. The van der Waals surface area contributed by atoms with Crippen molar-refractivity contribution in [2.45, 2.75) is 6.92 Å². The Kier molecular flexibility index (Phi) is 7.57. The van der Waals surface area contributed by atoms with Crippen molar-refractivity contribution in [2.75, 3.05) is 17.3 Å². The molecule has 4 rings (SSSR count). The summed E-state index contributed by atoms with van der Waals surface area (Å²) in [5, 5.41) is 8.58. The number of barbiturate groups is 1. The number of urea groups is 1. The molecule has 0 aliphatic carbocycles. The summed E-state index contributed by atoms with van der Waals surface area (Å²) in [5.74, 6) is -3.49. The van der Waals surface area contributed by atoms with Crippen molar-refractivity contribution < 1.29 is 28.7 Å². The summed E-state index contributed by atoms with van der Waals surface area (Å²) >= 11 is 0. The van der Waals surface area contributed by atoms with E-state index >= 15 is 0 Å². The first-order valence-corrected chi connectivity index (χ1v) is 11.4. The molecular weight excluding hydrogens is 490 g/mol. The second-order valence-corrected chi connectivity index (χ2v) is 8.26. The average Bonchev–Trinajstić information content (AvgIpc) is 2.91. The van der Waals surface area contributed by atoms with E-state index in [2.05, 4.69) is 21.2 Å². The van der Waals surface area contributed by atoms with Gasteiger partial charge in [0, 0.05) is 23.0 Å². The fourth-order valence-corrected chi connectivity index (χ4v) is 3.55. The third kappa shape index (κ3) is 5.73. The number of ether oxygens (including phenoxy) is 1. The van der Waals surface area contributed by atoms with Crippen LogP contribution in [0, 0.1) is 12.8 Å². The second-order valence-electron chi connectivity index (χ2n) is 8.26. The van der Waals surface area contributed by atoms with Crippen LogP contribution >= 0.6 is 0 Å². The van der Waals surface area contributed by atoms with Crippen molar-refractivity contribution in [1.29, 1.82) is 0 Å². The third-order valence-electron chi connectivity index (χ3n) is 5.64. The molecule has 3 aromatic carbocycles. The van der Waals surface area contributed by atoms with E-state index in [1.807, 2.05) is 19.1 Å². The van der Waals surface area contributed by atoms with E-state index in [4.69, 9.17) is 4.74 Å². The molecule has 1 fully saturated rings. The van der Waals surface area contributed by atoms with Gasteiger partial charge in [-0.1, -0.05) is 17.7 Å². The fraction of sp³-hybridized carbons (Fsp3) is 0.111. The summed E-state index contributed by atoms with van der Waals surface area (Å²) in [6, 6.07) is 18.4. The molecule has 1 aliphatic rings. The molecule has 0 unspecified atom stereocenters. The number of aryl methyl sites for hydroxylation is 1. The minimum Gasteiger partial charge on any atom is -0.497 e. The number of amides is 6. The van der Waals surface area contributed by atoms with Gasteiger partial charge in [0.05, 0.1) is 12.8 Å². The summed E-state index contributed by atoms with van der Waals surface area (Å²) < 4.78 is 5.07. The van der Waals surface area contributed by atoms with Crippen LogP contribution in [-0.2, 0) is 9.59 Å². The van der Waals surface area contributed by atoms with E-state index < -0.39 is 29.7 Å². The Hall–Kier alpha value is -5.32. The standard InChI is InChI=1S/C27H23N5O6/c1-16-3-5-17(6-4-16)23(33)29-19-9-7-18(8-10-19)24(34)31-28-15-22-25(35)30-27(37)32(26(22)36)20-11-13-21(38-2)14-12-20/h3-15,22H,1-2H3,(H,29,33)(H,31,34)(H,30,35,37)/b28-15-/t22-/m1/s1. The van der Waals surface area contributed by atoms with Crippen LogP contribution in [0.4, 0.5) is 16.2 Å². The van der Waals surface area contributed by atoms with Crippen LogP contribution in [0.1, 0.15) is 26.3 Å². The number of nitrogens with zero attached hydrogens (tertiary/aromatic N) is 2. The number of carbonyl (C=O) groups excluding carboxylic acids is 5. The highest BCUT2D eigenvalue weighted by Crippen LogP contribution is 2.23. The number of rotatable bonds is 7. The van der Waals surface area contributed by atoms with Crippen molar-refractivity contribution in [2.24, 2.45) is 11.0 Å². The Labute approximate surface area is 217 Å². The van der Waals surface area contributed by atoms with Crippen molar-refractivity contribution >= 4 is 47.2 Å². The molecule has 38 heavy (non-hydrogen) atoms. The number of benzene rings is 3. The zero-order valence-corrected chi connectivity index (χ0v) is 20.4. The molecule has 0 spiro atoms. The molecule has 1 heterocycles. The van der Waals surface area contributed by atoms with Crippen LogP contribution in [0.15, 0.2) is 77.9 Å². The van der Waals surface area contributed by atoms with Crippen LogP contribution in [0.2, 0.25) is 0 Å². The highest BCUT2D eigenvalue weighted by molar-refractivity contribution is 6.32. The monoisotopic (exact) mass is 513 g/mol. The predicted octanol–water partition coefficient (Wildman–Crippen LogP) is 2.87. The molecule has 0 aromatic heterocycles. The molecule has 1 atom stereocenters. The van der Waals surface area contributed by atoms with Crippen LogP contribution < -0.4 is 25.7 Å². The summed E-state index contributed by atoms with van der Waals surface area (Å²) in [6.45, 7) is 1.93. The number of imide groups is 2.